The molecule has 0 atom stereocenters. The Hall–Kier alpha value is -2.89. The molecule has 5 nitrogen and oxygen atoms in total. The molecule has 1 N–H and O–H groups in total. The SMILES string of the molecule is CC(C)Oc1ccc(CNC(=O)C2CCN(C(=O)c3ccc(F)cc3)CC2)cc1. The van der Waals surface area contributed by atoms with Crippen molar-refractivity contribution in [3.05, 3.63) is 65.5 Å². The van der Waals surface area contributed by atoms with E-state index in [1.807, 2.05) is 38.1 Å². The topological polar surface area (TPSA) is 58.6 Å². The fourth-order valence-corrected chi connectivity index (χ4v) is 3.41. The molecule has 1 saturated heterocycles. The Bertz CT molecular complexity index is 826. The molecule has 0 aromatic heterocycles. The molecule has 154 valence electrons. The highest BCUT2D eigenvalue weighted by molar-refractivity contribution is 5.94. The molecule has 2 aromatic carbocycles. The standard InChI is InChI=1S/C23H27FN2O3/c1-16(2)29-21-9-3-17(4-10-21)15-25-22(27)18-11-13-26(14-12-18)23(28)19-5-7-20(24)8-6-19/h3-10,16,18H,11-15H2,1-2H3,(H,25,27). The lowest BCUT2D eigenvalue weighted by Gasteiger charge is -2.31. The van der Waals surface area contributed by atoms with Gasteiger partial charge in [-0.3, -0.25) is 9.59 Å². The van der Waals surface area contributed by atoms with E-state index in [1.165, 1.54) is 24.3 Å². The minimum Gasteiger partial charge on any atom is -0.491 e. The summed E-state index contributed by atoms with van der Waals surface area (Å²) in [7, 11) is 0. The number of rotatable bonds is 6. The van der Waals surface area contributed by atoms with Crippen LogP contribution in [0.5, 0.6) is 5.75 Å². The molecule has 2 amide bonds. The Labute approximate surface area is 170 Å². The molecule has 1 aliphatic heterocycles. The van der Waals surface area contributed by atoms with Crippen molar-refractivity contribution >= 4 is 11.8 Å². The number of carbonyl (C=O) groups excluding carboxylic acids is 2. The summed E-state index contributed by atoms with van der Waals surface area (Å²) in [5.74, 6) is 0.247. The maximum Gasteiger partial charge on any atom is 0.253 e. The van der Waals surface area contributed by atoms with Gasteiger partial charge in [0, 0.05) is 31.1 Å². The van der Waals surface area contributed by atoms with E-state index in [1.54, 1.807) is 4.90 Å². The van der Waals surface area contributed by atoms with Crippen molar-refractivity contribution in [2.75, 3.05) is 13.1 Å². The number of amides is 2. The van der Waals surface area contributed by atoms with Gasteiger partial charge in [0.25, 0.3) is 5.91 Å². The number of hydrogen-bond acceptors (Lipinski definition) is 3. The molecule has 0 radical (unpaired) electrons. The number of nitrogens with zero attached hydrogens (tertiary/aromatic N) is 1. The van der Waals surface area contributed by atoms with Gasteiger partial charge in [-0.2, -0.15) is 0 Å². The highest BCUT2D eigenvalue weighted by Gasteiger charge is 2.27. The summed E-state index contributed by atoms with van der Waals surface area (Å²) in [4.78, 5) is 26.7. The molecule has 29 heavy (non-hydrogen) atoms. The highest BCUT2D eigenvalue weighted by atomic mass is 19.1. The Kier molecular flexibility index (Phi) is 6.86. The molecule has 0 spiro atoms. The lowest BCUT2D eigenvalue weighted by Crippen LogP contribution is -2.42. The minimum atomic E-state index is -0.362. The summed E-state index contributed by atoms with van der Waals surface area (Å²) < 4.78 is 18.6. The number of hydrogen-bond donors (Lipinski definition) is 1. The van der Waals surface area contributed by atoms with Gasteiger partial charge in [0.1, 0.15) is 11.6 Å². The smallest absolute Gasteiger partial charge is 0.253 e. The van der Waals surface area contributed by atoms with Crippen LogP contribution in [0.1, 0.15) is 42.6 Å². The zero-order chi connectivity index (χ0) is 20.8. The third-order valence-electron chi connectivity index (χ3n) is 5.01. The second kappa shape index (κ2) is 9.54. The van der Waals surface area contributed by atoms with Crippen molar-refractivity contribution in [1.29, 1.82) is 0 Å². The second-order valence-electron chi connectivity index (χ2n) is 7.60. The molecule has 0 unspecified atom stereocenters. The number of carbonyl (C=O) groups is 2. The first-order valence-corrected chi connectivity index (χ1v) is 10.0. The number of benzene rings is 2. The van der Waals surface area contributed by atoms with E-state index < -0.39 is 0 Å². The van der Waals surface area contributed by atoms with Gasteiger partial charge in [0.15, 0.2) is 0 Å². The molecule has 2 aromatic rings. The summed E-state index contributed by atoms with van der Waals surface area (Å²) in [5, 5.41) is 2.99. The molecular weight excluding hydrogens is 371 g/mol. The van der Waals surface area contributed by atoms with Gasteiger partial charge >= 0.3 is 0 Å². The summed E-state index contributed by atoms with van der Waals surface area (Å²) in [6.45, 7) is 5.47. The monoisotopic (exact) mass is 398 g/mol. The van der Waals surface area contributed by atoms with Crippen LogP contribution in [0.4, 0.5) is 4.39 Å². The van der Waals surface area contributed by atoms with Crippen molar-refractivity contribution in [1.82, 2.24) is 10.2 Å². The van der Waals surface area contributed by atoms with Gasteiger partial charge in [-0.15, -0.1) is 0 Å². The van der Waals surface area contributed by atoms with Gasteiger partial charge in [0.2, 0.25) is 5.91 Å². The van der Waals surface area contributed by atoms with Crippen molar-refractivity contribution < 1.29 is 18.7 Å². The van der Waals surface area contributed by atoms with Crippen molar-refractivity contribution in [3.63, 3.8) is 0 Å². The Morgan fingerprint density at radius 2 is 1.69 bits per heavy atom. The number of halogens is 1. The van der Waals surface area contributed by atoms with E-state index >= 15 is 0 Å². The predicted octanol–water partition coefficient (Wildman–Crippen LogP) is 3.78. The van der Waals surface area contributed by atoms with Crippen LogP contribution in [0.25, 0.3) is 0 Å². The van der Waals surface area contributed by atoms with Crippen LogP contribution in [0.15, 0.2) is 48.5 Å². The molecule has 1 aliphatic rings. The Balaban J connectivity index is 1.45. The number of ether oxygens (including phenoxy) is 1. The first-order chi connectivity index (χ1) is 13.9. The quantitative estimate of drug-likeness (QED) is 0.806. The third-order valence-corrected chi connectivity index (χ3v) is 5.01. The van der Waals surface area contributed by atoms with Crippen molar-refractivity contribution in [3.8, 4) is 5.75 Å². The van der Waals surface area contributed by atoms with Gasteiger partial charge in [0.05, 0.1) is 6.10 Å². The number of nitrogens with one attached hydrogen (secondary N) is 1. The van der Waals surface area contributed by atoms with Gasteiger partial charge in [-0.05, 0) is 68.7 Å². The average Bonchev–Trinajstić information content (AvgIpc) is 2.73. The summed E-state index contributed by atoms with van der Waals surface area (Å²) >= 11 is 0. The van der Waals surface area contributed by atoms with E-state index in [0.29, 0.717) is 38.0 Å². The van der Waals surface area contributed by atoms with Crippen LogP contribution in [0, 0.1) is 11.7 Å². The maximum atomic E-state index is 13.0. The Morgan fingerprint density at radius 1 is 1.07 bits per heavy atom. The number of piperidine rings is 1. The Morgan fingerprint density at radius 3 is 2.28 bits per heavy atom. The average molecular weight is 398 g/mol. The zero-order valence-corrected chi connectivity index (χ0v) is 16.9. The van der Waals surface area contributed by atoms with Crippen LogP contribution in [-0.2, 0) is 11.3 Å². The normalized spacial score (nSPS) is 14.7. The van der Waals surface area contributed by atoms with Gasteiger partial charge in [-0.25, -0.2) is 4.39 Å². The van der Waals surface area contributed by atoms with Gasteiger partial charge < -0.3 is 15.0 Å². The molecule has 0 bridgehead atoms. The highest BCUT2D eigenvalue weighted by Crippen LogP contribution is 2.20. The van der Waals surface area contributed by atoms with E-state index in [9.17, 15) is 14.0 Å². The lowest BCUT2D eigenvalue weighted by molar-refractivity contribution is -0.126. The van der Waals surface area contributed by atoms with Crippen LogP contribution in [0.3, 0.4) is 0 Å². The van der Waals surface area contributed by atoms with Crippen LogP contribution >= 0.6 is 0 Å². The molecule has 1 fully saturated rings. The largest absolute Gasteiger partial charge is 0.491 e. The second-order valence-corrected chi connectivity index (χ2v) is 7.60. The molecule has 1 heterocycles. The maximum absolute atomic E-state index is 13.0. The lowest BCUT2D eigenvalue weighted by atomic mass is 9.95. The number of likely N-dealkylation sites (tertiary alicyclic amines) is 1. The van der Waals surface area contributed by atoms with Crippen LogP contribution in [-0.4, -0.2) is 35.9 Å². The minimum absolute atomic E-state index is 0.0152. The van der Waals surface area contributed by atoms with Crippen molar-refractivity contribution in [2.24, 2.45) is 5.92 Å². The van der Waals surface area contributed by atoms with Crippen LogP contribution in [0.2, 0.25) is 0 Å². The molecule has 6 heteroatoms. The molecule has 3 rings (SSSR count). The molecular formula is C23H27FN2O3. The fraction of sp³-hybridized carbons (Fsp3) is 0.391. The first-order valence-electron chi connectivity index (χ1n) is 10.0. The predicted molar refractivity (Wildman–Crippen MR) is 109 cm³/mol. The van der Waals surface area contributed by atoms with E-state index in [-0.39, 0.29) is 29.7 Å². The third kappa shape index (κ3) is 5.79. The zero-order valence-electron chi connectivity index (χ0n) is 16.9. The van der Waals surface area contributed by atoms with E-state index in [0.717, 1.165) is 11.3 Å². The van der Waals surface area contributed by atoms with Gasteiger partial charge in [-0.1, -0.05) is 12.1 Å². The van der Waals surface area contributed by atoms with Crippen molar-refractivity contribution in [2.45, 2.75) is 39.3 Å². The molecule has 0 saturated carbocycles. The fourth-order valence-electron chi connectivity index (χ4n) is 3.41. The van der Waals surface area contributed by atoms with E-state index in [4.69, 9.17) is 4.74 Å². The van der Waals surface area contributed by atoms with Crippen LogP contribution < -0.4 is 10.1 Å². The summed E-state index contributed by atoms with van der Waals surface area (Å²) in [6, 6.07) is 13.3. The molecule has 0 aliphatic carbocycles. The van der Waals surface area contributed by atoms with E-state index in [2.05, 4.69) is 5.32 Å². The summed E-state index contributed by atoms with van der Waals surface area (Å²) in [5.41, 5.74) is 1.48. The summed E-state index contributed by atoms with van der Waals surface area (Å²) in [6.07, 6.45) is 1.38. The first kappa shape index (κ1) is 20.8.